The fraction of sp³-hybridized carbons (Fsp3) is 0.211. The standard InChI is InChI=1S/C19H18N2O2/c1-12-8-9-15(10-14(12)3)21-19(23)18(22)17(11-20)16-7-5-4-6-13(16)2/h4-10,17H,1-3H3,(H,21,23)/t17-/m0/s1. The van der Waals surface area contributed by atoms with Gasteiger partial charge in [-0.1, -0.05) is 30.3 Å². The molecule has 0 aliphatic carbocycles. The number of carbonyl (C=O) groups excluding carboxylic acids is 2. The number of benzene rings is 2. The van der Waals surface area contributed by atoms with Gasteiger partial charge in [0, 0.05) is 5.69 Å². The Kier molecular flexibility index (Phi) is 4.92. The number of nitrogens with zero attached hydrogens (tertiary/aromatic N) is 1. The van der Waals surface area contributed by atoms with Gasteiger partial charge in [0.2, 0.25) is 5.78 Å². The number of ketones is 1. The van der Waals surface area contributed by atoms with E-state index in [2.05, 4.69) is 5.32 Å². The van der Waals surface area contributed by atoms with E-state index in [-0.39, 0.29) is 0 Å². The second kappa shape index (κ2) is 6.89. The average molecular weight is 306 g/mol. The predicted molar refractivity (Wildman–Crippen MR) is 89.1 cm³/mol. The van der Waals surface area contributed by atoms with Gasteiger partial charge >= 0.3 is 0 Å². The summed E-state index contributed by atoms with van der Waals surface area (Å²) >= 11 is 0. The third-order valence-electron chi connectivity index (χ3n) is 3.88. The minimum Gasteiger partial charge on any atom is -0.319 e. The largest absolute Gasteiger partial charge is 0.319 e. The van der Waals surface area contributed by atoms with Gasteiger partial charge in [-0.25, -0.2) is 0 Å². The zero-order valence-corrected chi connectivity index (χ0v) is 13.4. The van der Waals surface area contributed by atoms with Crippen LogP contribution in [0.15, 0.2) is 42.5 Å². The van der Waals surface area contributed by atoms with E-state index in [1.54, 1.807) is 24.3 Å². The first-order valence-electron chi connectivity index (χ1n) is 7.31. The smallest absolute Gasteiger partial charge is 0.293 e. The van der Waals surface area contributed by atoms with Crippen molar-refractivity contribution in [3.63, 3.8) is 0 Å². The van der Waals surface area contributed by atoms with Gasteiger partial charge in [-0.3, -0.25) is 9.59 Å². The summed E-state index contributed by atoms with van der Waals surface area (Å²) in [5, 5.41) is 11.9. The number of anilines is 1. The zero-order valence-electron chi connectivity index (χ0n) is 13.4. The highest BCUT2D eigenvalue weighted by molar-refractivity contribution is 6.43. The number of nitriles is 1. The summed E-state index contributed by atoms with van der Waals surface area (Å²) in [5.41, 5.74) is 4.05. The SMILES string of the molecule is Cc1ccc(NC(=O)C(=O)[C@@H](C#N)c2ccccc2C)cc1C. The number of carbonyl (C=O) groups is 2. The van der Waals surface area contributed by atoms with E-state index in [1.165, 1.54) is 0 Å². The zero-order chi connectivity index (χ0) is 17.0. The maximum atomic E-state index is 12.3. The minimum atomic E-state index is -1.09. The highest BCUT2D eigenvalue weighted by Gasteiger charge is 2.27. The van der Waals surface area contributed by atoms with Crippen LogP contribution in [0.2, 0.25) is 0 Å². The molecule has 0 saturated heterocycles. The van der Waals surface area contributed by atoms with Crippen LogP contribution >= 0.6 is 0 Å². The van der Waals surface area contributed by atoms with Crippen LogP contribution in [-0.2, 0) is 9.59 Å². The lowest BCUT2D eigenvalue weighted by Crippen LogP contribution is -2.28. The van der Waals surface area contributed by atoms with E-state index >= 15 is 0 Å². The summed E-state index contributed by atoms with van der Waals surface area (Å²) in [6, 6.07) is 14.4. The van der Waals surface area contributed by atoms with Gasteiger partial charge in [-0.15, -0.1) is 0 Å². The van der Waals surface area contributed by atoms with Crippen molar-refractivity contribution in [2.45, 2.75) is 26.7 Å². The summed E-state index contributed by atoms with van der Waals surface area (Å²) in [6.07, 6.45) is 0. The van der Waals surface area contributed by atoms with E-state index in [1.807, 2.05) is 45.0 Å². The van der Waals surface area contributed by atoms with Gasteiger partial charge in [0.1, 0.15) is 5.92 Å². The molecule has 2 aromatic rings. The lowest BCUT2D eigenvalue weighted by molar-refractivity contribution is -0.135. The van der Waals surface area contributed by atoms with Gasteiger partial charge in [0.25, 0.3) is 5.91 Å². The Labute approximate surface area is 135 Å². The van der Waals surface area contributed by atoms with Crippen molar-refractivity contribution in [2.24, 2.45) is 0 Å². The summed E-state index contributed by atoms with van der Waals surface area (Å²) in [6.45, 7) is 5.71. The average Bonchev–Trinajstić information content (AvgIpc) is 2.53. The molecule has 1 N–H and O–H groups in total. The second-order valence-electron chi connectivity index (χ2n) is 5.54. The normalized spacial score (nSPS) is 11.4. The molecule has 1 atom stereocenters. The summed E-state index contributed by atoms with van der Waals surface area (Å²) in [4.78, 5) is 24.5. The Balaban J connectivity index is 2.21. The summed E-state index contributed by atoms with van der Waals surface area (Å²) in [5.74, 6) is -2.62. The van der Waals surface area contributed by atoms with E-state index in [9.17, 15) is 14.9 Å². The van der Waals surface area contributed by atoms with E-state index in [4.69, 9.17) is 0 Å². The highest BCUT2D eigenvalue weighted by atomic mass is 16.2. The molecule has 0 radical (unpaired) electrons. The molecule has 0 spiro atoms. The first-order valence-corrected chi connectivity index (χ1v) is 7.31. The lowest BCUT2D eigenvalue weighted by Gasteiger charge is -2.12. The van der Waals surface area contributed by atoms with Gasteiger partial charge in [0.15, 0.2) is 0 Å². The third kappa shape index (κ3) is 3.64. The molecular formula is C19H18N2O2. The van der Waals surface area contributed by atoms with Crippen LogP contribution in [0.3, 0.4) is 0 Å². The third-order valence-corrected chi connectivity index (χ3v) is 3.88. The van der Waals surface area contributed by atoms with Crippen LogP contribution in [0.25, 0.3) is 0 Å². The van der Waals surface area contributed by atoms with Crippen molar-refractivity contribution in [2.75, 3.05) is 5.32 Å². The fourth-order valence-electron chi connectivity index (χ4n) is 2.32. The van der Waals surface area contributed by atoms with Crippen LogP contribution in [0, 0.1) is 32.1 Å². The van der Waals surface area contributed by atoms with Crippen LogP contribution < -0.4 is 5.32 Å². The molecule has 4 heteroatoms. The van der Waals surface area contributed by atoms with Gasteiger partial charge in [-0.05, 0) is 55.2 Å². The number of rotatable bonds is 4. The molecule has 2 aromatic carbocycles. The first-order chi connectivity index (χ1) is 10.9. The number of aryl methyl sites for hydroxylation is 3. The van der Waals surface area contributed by atoms with Crippen molar-refractivity contribution in [3.8, 4) is 6.07 Å². The molecule has 0 bridgehead atoms. The monoisotopic (exact) mass is 306 g/mol. The minimum absolute atomic E-state index is 0.549. The number of amides is 1. The van der Waals surface area contributed by atoms with Crippen molar-refractivity contribution >= 4 is 17.4 Å². The Morgan fingerprint density at radius 2 is 1.70 bits per heavy atom. The van der Waals surface area contributed by atoms with Gasteiger partial charge in [0.05, 0.1) is 6.07 Å². The topological polar surface area (TPSA) is 70.0 Å². The molecule has 0 fully saturated rings. The number of Topliss-reactive ketones (excluding diaryl/α,β-unsaturated/α-hetero) is 1. The number of nitrogens with one attached hydrogen (secondary N) is 1. The first kappa shape index (κ1) is 16.4. The Morgan fingerprint density at radius 1 is 1.00 bits per heavy atom. The predicted octanol–water partition coefficient (Wildman–Crippen LogP) is 3.43. The molecule has 23 heavy (non-hydrogen) atoms. The highest BCUT2D eigenvalue weighted by Crippen LogP contribution is 2.21. The van der Waals surface area contributed by atoms with Crippen LogP contribution in [0.4, 0.5) is 5.69 Å². The Morgan fingerprint density at radius 3 is 2.30 bits per heavy atom. The van der Waals surface area contributed by atoms with Crippen molar-refractivity contribution in [1.82, 2.24) is 0 Å². The maximum Gasteiger partial charge on any atom is 0.293 e. The molecule has 0 aromatic heterocycles. The number of hydrogen-bond acceptors (Lipinski definition) is 3. The van der Waals surface area contributed by atoms with Crippen LogP contribution in [-0.4, -0.2) is 11.7 Å². The Hall–Kier alpha value is -2.93. The number of hydrogen-bond donors (Lipinski definition) is 1. The lowest BCUT2D eigenvalue weighted by atomic mass is 9.92. The molecule has 0 aliphatic heterocycles. The van der Waals surface area contributed by atoms with E-state index in [0.29, 0.717) is 11.3 Å². The van der Waals surface area contributed by atoms with Gasteiger partial charge < -0.3 is 5.32 Å². The van der Waals surface area contributed by atoms with Gasteiger partial charge in [-0.2, -0.15) is 5.26 Å². The molecule has 0 aliphatic rings. The summed E-state index contributed by atoms with van der Waals surface area (Å²) in [7, 11) is 0. The van der Waals surface area contributed by atoms with Crippen LogP contribution in [0.5, 0.6) is 0 Å². The molecule has 2 rings (SSSR count). The molecular weight excluding hydrogens is 288 g/mol. The molecule has 0 saturated carbocycles. The second-order valence-corrected chi connectivity index (χ2v) is 5.54. The maximum absolute atomic E-state index is 12.3. The fourth-order valence-corrected chi connectivity index (χ4v) is 2.32. The molecule has 1 amide bonds. The van der Waals surface area contributed by atoms with Crippen LogP contribution in [0.1, 0.15) is 28.2 Å². The molecule has 0 unspecified atom stereocenters. The van der Waals surface area contributed by atoms with Crippen molar-refractivity contribution < 1.29 is 9.59 Å². The quantitative estimate of drug-likeness (QED) is 0.880. The summed E-state index contributed by atoms with van der Waals surface area (Å²) < 4.78 is 0. The van der Waals surface area contributed by atoms with Crippen molar-refractivity contribution in [1.29, 1.82) is 5.26 Å². The van der Waals surface area contributed by atoms with E-state index in [0.717, 1.165) is 16.7 Å². The molecule has 0 heterocycles. The molecule has 4 nitrogen and oxygen atoms in total. The molecule has 116 valence electrons. The van der Waals surface area contributed by atoms with Crippen molar-refractivity contribution in [3.05, 3.63) is 64.7 Å². The Bertz CT molecular complexity index is 803. The van der Waals surface area contributed by atoms with E-state index < -0.39 is 17.6 Å².